The standard InChI is InChI=1S/C20H18ClNS/c1-13-7-9-15(10-8-13)18-14(2)23-19(22-18)20(11-12-20)16-5-3-4-6-17(16)21/h3-10H,11-12H2,1-2H3. The Hall–Kier alpha value is -1.64. The molecule has 116 valence electrons. The summed E-state index contributed by atoms with van der Waals surface area (Å²) in [4.78, 5) is 6.30. The molecule has 4 rings (SSSR count). The predicted octanol–water partition coefficient (Wildman–Crippen LogP) is 6.16. The molecular formula is C20H18ClNS. The molecule has 0 aliphatic heterocycles. The van der Waals surface area contributed by atoms with E-state index in [0.29, 0.717) is 0 Å². The molecule has 1 aromatic heterocycles. The maximum Gasteiger partial charge on any atom is 0.104 e. The van der Waals surface area contributed by atoms with E-state index in [1.54, 1.807) is 0 Å². The van der Waals surface area contributed by atoms with E-state index in [4.69, 9.17) is 16.6 Å². The third-order valence-electron chi connectivity index (χ3n) is 4.67. The van der Waals surface area contributed by atoms with Crippen LogP contribution in [0, 0.1) is 13.8 Å². The first-order valence-corrected chi connectivity index (χ1v) is 9.09. The van der Waals surface area contributed by atoms with E-state index in [9.17, 15) is 0 Å². The highest BCUT2D eigenvalue weighted by Crippen LogP contribution is 2.56. The van der Waals surface area contributed by atoms with Gasteiger partial charge >= 0.3 is 0 Å². The second-order valence-corrected chi connectivity index (χ2v) is 7.96. The summed E-state index contributed by atoms with van der Waals surface area (Å²) < 4.78 is 0. The van der Waals surface area contributed by atoms with Gasteiger partial charge in [-0.1, -0.05) is 59.6 Å². The molecule has 23 heavy (non-hydrogen) atoms. The Kier molecular flexibility index (Phi) is 3.55. The van der Waals surface area contributed by atoms with Crippen molar-refractivity contribution in [1.29, 1.82) is 0 Å². The SMILES string of the molecule is Cc1ccc(-c2nc(C3(c4ccccc4Cl)CC3)sc2C)cc1. The van der Waals surface area contributed by atoms with Crippen LogP contribution < -0.4 is 0 Å². The molecule has 0 atom stereocenters. The van der Waals surface area contributed by atoms with Gasteiger partial charge in [-0.25, -0.2) is 4.98 Å². The lowest BCUT2D eigenvalue weighted by Gasteiger charge is -2.14. The molecule has 1 aliphatic rings. The zero-order valence-electron chi connectivity index (χ0n) is 13.3. The van der Waals surface area contributed by atoms with E-state index >= 15 is 0 Å². The van der Waals surface area contributed by atoms with E-state index in [1.807, 2.05) is 23.5 Å². The number of aromatic nitrogens is 1. The number of halogens is 1. The molecule has 1 fully saturated rings. The number of rotatable bonds is 3. The summed E-state index contributed by atoms with van der Waals surface area (Å²) in [5.41, 5.74) is 4.85. The van der Waals surface area contributed by atoms with Crippen LogP contribution in [0.3, 0.4) is 0 Å². The second kappa shape index (κ2) is 5.47. The van der Waals surface area contributed by atoms with Crippen molar-refractivity contribution in [3.05, 3.63) is 74.6 Å². The lowest BCUT2D eigenvalue weighted by Crippen LogP contribution is -2.08. The van der Waals surface area contributed by atoms with Crippen molar-refractivity contribution in [3.63, 3.8) is 0 Å². The molecule has 3 aromatic rings. The van der Waals surface area contributed by atoms with Crippen LogP contribution in [0.5, 0.6) is 0 Å². The molecule has 1 nitrogen and oxygen atoms in total. The minimum absolute atomic E-state index is 0.0384. The highest BCUT2D eigenvalue weighted by atomic mass is 35.5. The summed E-state index contributed by atoms with van der Waals surface area (Å²) in [6.07, 6.45) is 2.27. The third kappa shape index (κ3) is 2.50. The van der Waals surface area contributed by atoms with Crippen molar-refractivity contribution in [2.75, 3.05) is 0 Å². The number of hydrogen-bond acceptors (Lipinski definition) is 2. The van der Waals surface area contributed by atoms with Crippen LogP contribution in [-0.4, -0.2) is 4.98 Å². The summed E-state index contributed by atoms with van der Waals surface area (Å²) in [5.74, 6) is 0. The molecule has 1 saturated carbocycles. The van der Waals surface area contributed by atoms with E-state index < -0.39 is 0 Å². The Morgan fingerprint density at radius 1 is 1.00 bits per heavy atom. The molecule has 0 amide bonds. The van der Waals surface area contributed by atoms with Crippen LogP contribution in [0.15, 0.2) is 48.5 Å². The van der Waals surface area contributed by atoms with Gasteiger partial charge in [0.1, 0.15) is 5.01 Å². The Balaban J connectivity index is 1.78. The molecule has 0 spiro atoms. The lowest BCUT2D eigenvalue weighted by molar-refractivity contribution is 0.834. The quantitative estimate of drug-likeness (QED) is 0.556. The van der Waals surface area contributed by atoms with Gasteiger partial charge in [-0.3, -0.25) is 0 Å². The molecule has 2 aromatic carbocycles. The predicted molar refractivity (Wildman–Crippen MR) is 98.5 cm³/mol. The van der Waals surface area contributed by atoms with Gasteiger partial charge in [-0.15, -0.1) is 11.3 Å². The maximum absolute atomic E-state index is 6.46. The first-order valence-electron chi connectivity index (χ1n) is 7.90. The largest absolute Gasteiger partial charge is 0.240 e. The number of benzene rings is 2. The topological polar surface area (TPSA) is 12.9 Å². The normalized spacial score (nSPS) is 15.6. The number of hydrogen-bond donors (Lipinski definition) is 0. The average molecular weight is 340 g/mol. The second-order valence-electron chi connectivity index (χ2n) is 6.35. The summed E-state index contributed by atoms with van der Waals surface area (Å²) in [6, 6.07) is 16.8. The van der Waals surface area contributed by atoms with Crippen molar-refractivity contribution in [2.24, 2.45) is 0 Å². The minimum Gasteiger partial charge on any atom is -0.240 e. The first-order chi connectivity index (χ1) is 11.1. The fraction of sp³-hybridized carbons (Fsp3) is 0.250. The van der Waals surface area contributed by atoms with Crippen molar-refractivity contribution in [3.8, 4) is 11.3 Å². The fourth-order valence-electron chi connectivity index (χ4n) is 3.15. The molecule has 0 N–H and O–H groups in total. The summed E-state index contributed by atoms with van der Waals surface area (Å²) in [6.45, 7) is 4.28. The number of aryl methyl sites for hydroxylation is 2. The lowest BCUT2D eigenvalue weighted by atomic mass is 9.96. The number of nitrogens with zero attached hydrogens (tertiary/aromatic N) is 1. The first kappa shape index (κ1) is 14.9. The van der Waals surface area contributed by atoms with Crippen molar-refractivity contribution < 1.29 is 0 Å². The van der Waals surface area contributed by atoms with Gasteiger partial charge < -0.3 is 0 Å². The van der Waals surface area contributed by atoms with Crippen LogP contribution in [-0.2, 0) is 5.41 Å². The van der Waals surface area contributed by atoms with Crippen molar-refractivity contribution >= 4 is 22.9 Å². The molecule has 0 saturated heterocycles. The molecule has 3 heteroatoms. The highest BCUT2D eigenvalue weighted by molar-refractivity contribution is 7.12. The maximum atomic E-state index is 6.46. The van der Waals surface area contributed by atoms with Gasteiger partial charge in [-0.2, -0.15) is 0 Å². The van der Waals surface area contributed by atoms with Gasteiger partial charge in [0.25, 0.3) is 0 Å². The zero-order valence-corrected chi connectivity index (χ0v) is 14.8. The fourth-order valence-corrected chi connectivity index (χ4v) is 4.67. The van der Waals surface area contributed by atoms with Crippen molar-refractivity contribution in [1.82, 2.24) is 4.98 Å². The zero-order chi connectivity index (χ0) is 16.0. The van der Waals surface area contributed by atoms with Gasteiger partial charge in [0, 0.05) is 20.9 Å². The van der Waals surface area contributed by atoms with E-state index in [2.05, 4.69) is 50.2 Å². The smallest absolute Gasteiger partial charge is 0.104 e. The average Bonchev–Trinajstić information content (AvgIpc) is 3.26. The molecule has 1 heterocycles. The molecule has 0 unspecified atom stereocenters. The van der Waals surface area contributed by atoms with Gasteiger partial charge in [0.2, 0.25) is 0 Å². The Morgan fingerprint density at radius 2 is 1.70 bits per heavy atom. The molecule has 0 bridgehead atoms. The molecule has 0 radical (unpaired) electrons. The van der Waals surface area contributed by atoms with Crippen LogP contribution in [0.4, 0.5) is 0 Å². The van der Waals surface area contributed by atoms with E-state index in [-0.39, 0.29) is 5.41 Å². The van der Waals surface area contributed by atoms with Crippen LogP contribution in [0.2, 0.25) is 5.02 Å². The highest BCUT2D eigenvalue weighted by Gasteiger charge is 2.49. The van der Waals surface area contributed by atoms with Crippen LogP contribution >= 0.6 is 22.9 Å². The van der Waals surface area contributed by atoms with Crippen LogP contribution in [0.25, 0.3) is 11.3 Å². The monoisotopic (exact) mass is 339 g/mol. The summed E-state index contributed by atoms with van der Waals surface area (Å²) >= 11 is 8.27. The molecular weight excluding hydrogens is 322 g/mol. The van der Waals surface area contributed by atoms with Gasteiger partial charge in [0.05, 0.1) is 5.69 Å². The van der Waals surface area contributed by atoms with Crippen molar-refractivity contribution in [2.45, 2.75) is 32.1 Å². The number of thiazole rings is 1. The third-order valence-corrected chi connectivity index (χ3v) is 6.17. The van der Waals surface area contributed by atoms with E-state index in [1.165, 1.54) is 26.6 Å². The summed E-state index contributed by atoms with van der Waals surface area (Å²) in [7, 11) is 0. The van der Waals surface area contributed by atoms with Gasteiger partial charge in [-0.05, 0) is 38.3 Å². The Bertz CT molecular complexity index is 860. The van der Waals surface area contributed by atoms with E-state index in [0.717, 1.165) is 23.6 Å². The molecule has 1 aliphatic carbocycles. The van der Waals surface area contributed by atoms with Gasteiger partial charge in [0.15, 0.2) is 0 Å². The summed E-state index contributed by atoms with van der Waals surface area (Å²) in [5, 5.41) is 2.06. The van der Waals surface area contributed by atoms with Crippen LogP contribution in [0.1, 0.15) is 33.9 Å². The minimum atomic E-state index is 0.0384. The Morgan fingerprint density at radius 3 is 2.35 bits per heavy atom. The Labute approximate surface area is 146 Å².